The lowest BCUT2D eigenvalue weighted by Gasteiger charge is -2.13. The second-order valence-electron chi connectivity index (χ2n) is 5.28. The zero-order valence-electron chi connectivity index (χ0n) is 11.8. The van der Waals surface area contributed by atoms with Gasteiger partial charge in [0.25, 0.3) is 11.6 Å². The van der Waals surface area contributed by atoms with Crippen molar-refractivity contribution < 1.29 is 14.8 Å². The van der Waals surface area contributed by atoms with Gasteiger partial charge in [-0.05, 0) is 37.3 Å². The fourth-order valence-electron chi connectivity index (χ4n) is 2.61. The highest BCUT2D eigenvalue weighted by Gasteiger charge is 2.24. The summed E-state index contributed by atoms with van der Waals surface area (Å²) in [6.07, 6.45) is 2.10. The lowest BCUT2D eigenvalue weighted by atomic mass is 10.1. The van der Waals surface area contributed by atoms with Crippen molar-refractivity contribution in [1.29, 1.82) is 0 Å². The number of benzene rings is 1. The third-order valence-corrected chi connectivity index (χ3v) is 3.78. The van der Waals surface area contributed by atoms with Crippen LogP contribution in [0.25, 0.3) is 0 Å². The first-order valence-corrected chi connectivity index (χ1v) is 6.93. The monoisotopic (exact) mass is 293 g/mol. The number of anilines is 1. The average molecular weight is 293 g/mol. The molecular weight excluding hydrogens is 274 g/mol. The van der Waals surface area contributed by atoms with Crippen LogP contribution in [0.3, 0.4) is 0 Å². The predicted molar refractivity (Wildman–Crippen MR) is 78.3 cm³/mol. The molecule has 2 atom stereocenters. The number of nitrogens with one attached hydrogen (secondary N) is 2. The van der Waals surface area contributed by atoms with E-state index in [9.17, 15) is 20.0 Å². The number of carbonyl (C=O) groups is 1. The lowest BCUT2D eigenvalue weighted by Crippen LogP contribution is -2.19. The second kappa shape index (κ2) is 6.53. The Morgan fingerprint density at radius 2 is 2.24 bits per heavy atom. The highest BCUT2D eigenvalue weighted by atomic mass is 16.6. The SMILES string of the molecule is CNC(=O)c1ccc([N+](=O)[O-])c(NCC2CCC(O)C2)c1. The highest BCUT2D eigenvalue weighted by molar-refractivity contribution is 5.95. The van der Waals surface area contributed by atoms with Crippen LogP contribution in [0.1, 0.15) is 29.6 Å². The molecule has 1 aromatic carbocycles. The Morgan fingerprint density at radius 3 is 2.81 bits per heavy atom. The number of amides is 1. The number of nitro groups is 1. The molecule has 1 saturated carbocycles. The van der Waals surface area contributed by atoms with Gasteiger partial charge in [0, 0.05) is 25.2 Å². The van der Waals surface area contributed by atoms with Gasteiger partial charge in [-0.1, -0.05) is 0 Å². The maximum Gasteiger partial charge on any atom is 0.292 e. The van der Waals surface area contributed by atoms with Gasteiger partial charge < -0.3 is 15.7 Å². The van der Waals surface area contributed by atoms with Gasteiger partial charge in [-0.15, -0.1) is 0 Å². The molecule has 0 aromatic heterocycles. The number of nitrogens with zero attached hydrogens (tertiary/aromatic N) is 1. The number of aliphatic hydroxyl groups is 1. The number of nitro benzene ring substituents is 1. The van der Waals surface area contributed by atoms with Crippen LogP contribution in [0.15, 0.2) is 18.2 Å². The zero-order chi connectivity index (χ0) is 15.4. The van der Waals surface area contributed by atoms with Crippen molar-refractivity contribution in [3.63, 3.8) is 0 Å². The minimum absolute atomic E-state index is 0.0544. The summed E-state index contributed by atoms with van der Waals surface area (Å²) in [6.45, 7) is 0.551. The van der Waals surface area contributed by atoms with E-state index >= 15 is 0 Å². The Balaban J connectivity index is 2.14. The van der Waals surface area contributed by atoms with Gasteiger partial charge in [0.2, 0.25) is 0 Å². The number of hydrogen-bond acceptors (Lipinski definition) is 5. The Labute approximate surface area is 122 Å². The third kappa shape index (κ3) is 3.69. The van der Waals surface area contributed by atoms with Crippen molar-refractivity contribution in [2.24, 2.45) is 5.92 Å². The number of hydrogen-bond donors (Lipinski definition) is 3. The van der Waals surface area contributed by atoms with Crippen LogP contribution < -0.4 is 10.6 Å². The van der Waals surface area contributed by atoms with E-state index in [4.69, 9.17) is 0 Å². The van der Waals surface area contributed by atoms with E-state index in [1.807, 2.05) is 0 Å². The molecule has 1 aromatic rings. The largest absolute Gasteiger partial charge is 0.393 e. The molecule has 2 unspecified atom stereocenters. The summed E-state index contributed by atoms with van der Waals surface area (Å²) in [5.74, 6) is 0.00694. The Morgan fingerprint density at radius 1 is 1.48 bits per heavy atom. The van der Waals surface area contributed by atoms with E-state index < -0.39 is 4.92 Å². The Kier molecular flexibility index (Phi) is 4.74. The summed E-state index contributed by atoms with van der Waals surface area (Å²) in [5, 5.41) is 26.1. The van der Waals surface area contributed by atoms with Crippen molar-refractivity contribution in [3.05, 3.63) is 33.9 Å². The van der Waals surface area contributed by atoms with E-state index in [0.29, 0.717) is 30.1 Å². The molecule has 21 heavy (non-hydrogen) atoms. The standard InChI is InChI=1S/C14H19N3O4/c1-15-14(19)10-3-5-13(17(20)21)12(7-10)16-8-9-2-4-11(18)6-9/h3,5,7,9,11,16,18H,2,4,6,8H2,1H3,(H,15,19). The van der Waals surface area contributed by atoms with Crippen LogP contribution in [0.5, 0.6) is 0 Å². The van der Waals surface area contributed by atoms with Crippen LogP contribution in [0, 0.1) is 16.0 Å². The van der Waals surface area contributed by atoms with Gasteiger partial charge in [-0.3, -0.25) is 14.9 Å². The predicted octanol–water partition coefficient (Wildman–Crippen LogP) is 1.53. The summed E-state index contributed by atoms with van der Waals surface area (Å²) < 4.78 is 0. The van der Waals surface area contributed by atoms with Crippen molar-refractivity contribution in [2.45, 2.75) is 25.4 Å². The maximum absolute atomic E-state index is 11.6. The molecule has 1 amide bonds. The minimum atomic E-state index is -0.473. The molecule has 0 radical (unpaired) electrons. The van der Waals surface area contributed by atoms with Gasteiger partial charge in [-0.2, -0.15) is 0 Å². The summed E-state index contributed by atoms with van der Waals surface area (Å²) in [7, 11) is 1.51. The highest BCUT2D eigenvalue weighted by Crippen LogP contribution is 2.29. The van der Waals surface area contributed by atoms with Crippen molar-refractivity contribution in [2.75, 3.05) is 18.9 Å². The molecule has 1 aliphatic carbocycles. The van der Waals surface area contributed by atoms with Crippen LogP contribution in [-0.4, -0.2) is 35.6 Å². The van der Waals surface area contributed by atoms with Gasteiger partial charge in [0.05, 0.1) is 11.0 Å². The van der Waals surface area contributed by atoms with Crippen LogP contribution in [0.4, 0.5) is 11.4 Å². The molecule has 1 aliphatic rings. The first-order chi connectivity index (χ1) is 10.0. The summed E-state index contributed by atoms with van der Waals surface area (Å²) >= 11 is 0. The second-order valence-corrected chi connectivity index (χ2v) is 5.28. The molecule has 0 saturated heterocycles. The van der Waals surface area contributed by atoms with Gasteiger partial charge in [0.15, 0.2) is 0 Å². The van der Waals surface area contributed by atoms with E-state index in [1.165, 1.54) is 25.2 Å². The van der Waals surface area contributed by atoms with Crippen molar-refractivity contribution in [3.8, 4) is 0 Å². The fourth-order valence-corrected chi connectivity index (χ4v) is 2.61. The first kappa shape index (κ1) is 15.2. The summed E-state index contributed by atoms with van der Waals surface area (Å²) in [5.41, 5.74) is 0.653. The number of aliphatic hydroxyl groups excluding tert-OH is 1. The molecule has 0 heterocycles. The fraction of sp³-hybridized carbons (Fsp3) is 0.500. The normalized spacial score (nSPS) is 21.0. The lowest BCUT2D eigenvalue weighted by molar-refractivity contribution is -0.384. The molecule has 1 fully saturated rings. The van der Waals surface area contributed by atoms with Crippen LogP contribution in [-0.2, 0) is 0 Å². The summed E-state index contributed by atoms with van der Waals surface area (Å²) in [4.78, 5) is 22.2. The molecule has 2 rings (SSSR count). The number of carbonyl (C=O) groups excluding carboxylic acids is 1. The van der Waals surface area contributed by atoms with Crippen LogP contribution in [0.2, 0.25) is 0 Å². The van der Waals surface area contributed by atoms with Gasteiger partial charge in [0.1, 0.15) is 5.69 Å². The number of rotatable bonds is 5. The molecule has 3 N–H and O–H groups in total. The molecule has 0 aliphatic heterocycles. The molecule has 0 spiro atoms. The van der Waals surface area contributed by atoms with Gasteiger partial charge in [-0.25, -0.2) is 0 Å². The average Bonchev–Trinajstić information content (AvgIpc) is 2.89. The van der Waals surface area contributed by atoms with E-state index in [1.54, 1.807) is 0 Å². The Hall–Kier alpha value is -2.15. The summed E-state index contributed by atoms with van der Waals surface area (Å²) in [6, 6.07) is 4.25. The Bertz CT molecular complexity index is 547. The smallest absolute Gasteiger partial charge is 0.292 e. The topological polar surface area (TPSA) is 104 Å². The third-order valence-electron chi connectivity index (χ3n) is 3.78. The molecule has 7 heteroatoms. The van der Waals surface area contributed by atoms with E-state index in [-0.39, 0.29) is 17.7 Å². The van der Waals surface area contributed by atoms with E-state index in [0.717, 1.165) is 12.8 Å². The quantitative estimate of drug-likeness (QED) is 0.564. The molecule has 0 bridgehead atoms. The molecule has 114 valence electrons. The van der Waals surface area contributed by atoms with Gasteiger partial charge >= 0.3 is 0 Å². The van der Waals surface area contributed by atoms with Crippen LogP contribution >= 0.6 is 0 Å². The van der Waals surface area contributed by atoms with E-state index in [2.05, 4.69) is 10.6 Å². The minimum Gasteiger partial charge on any atom is -0.393 e. The zero-order valence-corrected chi connectivity index (χ0v) is 11.8. The van der Waals surface area contributed by atoms with Crippen molar-refractivity contribution in [1.82, 2.24) is 5.32 Å². The maximum atomic E-state index is 11.6. The molecular formula is C14H19N3O4. The first-order valence-electron chi connectivity index (χ1n) is 6.93. The van der Waals surface area contributed by atoms with Crippen molar-refractivity contribution >= 4 is 17.3 Å². The molecule has 7 nitrogen and oxygen atoms in total.